The van der Waals surface area contributed by atoms with Crippen LogP contribution in [0.3, 0.4) is 0 Å². The minimum Gasteiger partial charge on any atom is -0.383 e. The second kappa shape index (κ2) is 8.67. The second-order valence-corrected chi connectivity index (χ2v) is 8.16. The Morgan fingerprint density at radius 1 is 1.44 bits per heavy atom. The molecule has 3 heterocycles. The average Bonchev–Trinajstić information content (AvgIpc) is 3.11. The third-order valence-electron chi connectivity index (χ3n) is 4.86. The molecular weight excluding hydrogens is 364 g/mol. The van der Waals surface area contributed by atoms with E-state index < -0.39 is 0 Å². The second-order valence-electron chi connectivity index (χ2n) is 6.87. The summed E-state index contributed by atoms with van der Waals surface area (Å²) in [5, 5.41) is 4.39. The molecule has 1 aliphatic heterocycles. The van der Waals surface area contributed by atoms with E-state index in [1.54, 1.807) is 19.4 Å². The standard InChI is InChI=1S/C19H26N4O3S/c1-14-6-7-17(27-14)19(25)22-8-4-5-15(13-22)23-18(24)11-16(12-20-23)21(2)9-10-26-3/h6-7,11-12,15H,4-5,8-10,13H2,1-3H3. The zero-order valence-corrected chi connectivity index (χ0v) is 16.9. The Labute approximate surface area is 163 Å². The average molecular weight is 391 g/mol. The van der Waals surface area contributed by atoms with E-state index in [-0.39, 0.29) is 17.5 Å². The molecule has 2 aromatic heterocycles. The third-order valence-corrected chi connectivity index (χ3v) is 5.85. The lowest BCUT2D eigenvalue weighted by Gasteiger charge is -2.33. The van der Waals surface area contributed by atoms with Crippen LogP contribution in [0.4, 0.5) is 5.69 Å². The van der Waals surface area contributed by atoms with Crippen LogP contribution >= 0.6 is 11.3 Å². The molecule has 0 aliphatic carbocycles. The molecule has 0 bridgehead atoms. The molecule has 2 aromatic rings. The summed E-state index contributed by atoms with van der Waals surface area (Å²) in [5.74, 6) is 0.0433. The van der Waals surface area contributed by atoms with Crippen molar-refractivity contribution in [2.45, 2.75) is 25.8 Å². The Bertz CT molecular complexity index is 847. The van der Waals surface area contributed by atoms with Crippen molar-refractivity contribution in [1.82, 2.24) is 14.7 Å². The maximum Gasteiger partial charge on any atom is 0.269 e. The lowest BCUT2D eigenvalue weighted by atomic mass is 10.1. The first-order valence-electron chi connectivity index (χ1n) is 9.14. The maximum absolute atomic E-state index is 12.7. The Balaban J connectivity index is 1.72. The summed E-state index contributed by atoms with van der Waals surface area (Å²) < 4.78 is 6.59. The molecule has 146 valence electrons. The molecule has 0 aromatic carbocycles. The topological polar surface area (TPSA) is 67.7 Å². The molecule has 1 fully saturated rings. The first kappa shape index (κ1) is 19.6. The number of hydrogen-bond acceptors (Lipinski definition) is 6. The molecule has 3 rings (SSSR count). The summed E-state index contributed by atoms with van der Waals surface area (Å²) in [6, 6.07) is 5.35. The first-order chi connectivity index (χ1) is 13.0. The number of likely N-dealkylation sites (tertiary alicyclic amines) is 1. The number of thiophene rings is 1. The summed E-state index contributed by atoms with van der Waals surface area (Å²) in [5.41, 5.74) is 0.633. The highest BCUT2D eigenvalue weighted by Gasteiger charge is 2.27. The number of nitrogens with zero attached hydrogens (tertiary/aromatic N) is 4. The van der Waals surface area contributed by atoms with E-state index in [0.717, 1.165) is 34.8 Å². The number of carbonyl (C=O) groups is 1. The number of amides is 1. The number of anilines is 1. The lowest BCUT2D eigenvalue weighted by Crippen LogP contribution is -2.43. The highest BCUT2D eigenvalue weighted by molar-refractivity contribution is 7.13. The Morgan fingerprint density at radius 2 is 2.26 bits per heavy atom. The molecule has 1 amide bonds. The molecule has 0 saturated carbocycles. The molecule has 27 heavy (non-hydrogen) atoms. The fourth-order valence-corrected chi connectivity index (χ4v) is 4.13. The van der Waals surface area contributed by atoms with Crippen LogP contribution in [0.5, 0.6) is 0 Å². The van der Waals surface area contributed by atoms with Crippen LogP contribution in [0.1, 0.15) is 33.4 Å². The number of methoxy groups -OCH3 is 1. The quantitative estimate of drug-likeness (QED) is 0.756. The van der Waals surface area contributed by atoms with Gasteiger partial charge in [-0.15, -0.1) is 11.3 Å². The molecule has 1 unspecified atom stereocenters. The molecule has 8 heteroatoms. The minimum atomic E-state index is -0.136. The highest BCUT2D eigenvalue weighted by Crippen LogP contribution is 2.24. The van der Waals surface area contributed by atoms with Gasteiger partial charge in [-0.25, -0.2) is 4.68 Å². The van der Waals surface area contributed by atoms with Crippen LogP contribution in [0, 0.1) is 6.92 Å². The minimum absolute atomic E-state index is 0.0433. The van der Waals surface area contributed by atoms with Crippen LogP contribution < -0.4 is 10.5 Å². The molecular formula is C19H26N4O3S. The molecule has 1 atom stereocenters. The van der Waals surface area contributed by atoms with Gasteiger partial charge in [-0.1, -0.05) is 0 Å². The number of carbonyl (C=O) groups excluding carboxylic acids is 1. The van der Waals surface area contributed by atoms with Crippen molar-refractivity contribution in [3.63, 3.8) is 0 Å². The van der Waals surface area contributed by atoms with Crippen molar-refractivity contribution in [3.8, 4) is 0 Å². The van der Waals surface area contributed by atoms with Gasteiger partial charge in [0.1, 0.15) is 0 Å². The van der Waals surface area contributed by atoms with Gasteiger partial charge in [-0.05, 0) is 31.9 Å². The van der Waals surface area contributed by atoms with E-state index in [1.165, 1.54) is 16.0 Å². The third kappa shape index (κ3) is 4.56. The summed E-state index contributed by atoms with van der Waals surface area (Å²) in [6.45, 7) is 4.50. The van der Waals surface area contributed by atoms with Crippen molar-refractivity contribution >= 4 is 22.9 Å². The Kier molecular flexibility index (Phi) is 6.28. The van der Waals surface area contributed by atoms with Gasteiger partial charge in [-0.3, -0.25) is 9.59 Å². The largest absolute Gasteiger partial charge is 0.383 e. The number of piperidine rings is 1. The SMILES string of the molecule is COCCN(C)c1cnn(C2CCCN(C(=O)c3ccc(C)s3)C2)c(=O)c1. The summed E-state index contributed by atoms with van der Waals surface area (Å²) in [6.07, 6.45) is 3.42. The van der Waals surface area contributed by atoms with Gasteiger partial charge in [0.15, 0.2) is 0 Å². The van der Waals surface area contributed by atoms with Crippen LogP contribution in [-0.4, -0.2) is 61.0 Å². The number of hydrogen-bond donors (Lipinski definition) is 0. The van der Waals surface area contributed by atoms with Crippen molar-refractivity contribution in [2.75, 3.05) is 45.3 Å². The van der Waals surface area contributed by atoms with E-state index in [4.69, 9.17) is 4.74 Å². The molecule has 0 radical (unpaired) electrons. The summed E-state index contributed by atoms with van der Waals surface area (Å²) in [4.78, 5) is 31.0. The number of ether oxygens (including phenoxy) is 1. The molecule has 0 spiro atoms. The molecule has 7 nitrogen and oxygen atoms in total. The first-order valence-corrected chi connectivity index (χ1v) is 9.96. The predicted octanol–water partition coefficient (Wildman–Crippen LogP) is 2.17. The zero-order valence-electron chi connectivity index (χ0n) is 16.1. The molecule has 1 aliphatic rings. The van der Waals surface area contributed by atoms with E-state index in [9.17, 15) is 9.59 Å². The van der Waals surface area contributed by atoms with Gasteiger partial charge >= 0.3 is 0 Å². The predicted molar refractivity (Wildman–Crippen MR) is 107 cm³/mol. The summed E-state index contributed by atoms with van der Waals surface area (Å²) in [7, 11) is 3.56. The number of aromatic nitrogens is 2. The van der Waals surface area contributed by atoms with Gasteiger partial charge in [-0.2, -0.15) is 5.10 Å². The van der Waals surface area contributed by atoms with Crippen molar-refractivity contribution in [2.24, 2.45) is 0 Å². The van der Waals surface area contributed by atoms with Gasteiger partial charge in [0.25, 0.3) is 11.5 Å². The van der Waals surface area contributed by atoms with Gasteiger partial charge in [0, 0.05) is 44.7 Å². The van der Waals surface area contributed by atoms with Crippen LogP contribution in [-0.2, 0) is 4.74 Å². The van der Waals surface area contributed by atoms with E-state index in [2.05, 4.69) is 5.10 Å². The lowest BCUT2D eigenvalue weighted by molar-refractivity contribution is 0.0675. The summed E-state index contributed by atoms with van der Waals surface area (Å²) >= 11 is 1.51. The van der Waals surface area contributed by atoms with Crippen LogP contribution in [0.2, 0.25) is 0 Å². The fourth-order valence-electron chi connectivity index (χ4n) is 3.29. The molecule has 1 saturated heterocycles. The smallest absolute Gasteiger partial charge is 0.269 e. The zero-order chi connectivity index (χ0) is 19.4. The number of likely N-dealkylation sites (N-methyl/N-ethyl adjacent to an activating group) is 1. The van der Waals surface area contributed by atoms with E-state index >= 15 is 0 Å². The van der Waals surface area contributed by atoms with Gasteiger partial charge in [0.05, 0.1) is 29.4 Å². The van der Waals surface area contributed by atoms with Gasteiger partial charge < -0.3 is 14.5 Å². The Morgan fingerprint density at radius 3 is 2.93 bits per heavy atom. The Hall–Kier alpha value is -2.19. The molecule has 0 N–H and O–H groups in total. The van der Waals surface area contributed by atoms with Crippen molar-refractivity contribution in [3.05, 3.63) is 44.5 Å². The van der Waals surface area contributed by atoms with Crippen molar-refractivity contribution in [1.29, 1.82) is 0 Å². The number of aryl methyl sites for hydroxylation is 1. The number of rotatable bonds is 6. The maximum atomic E-state index is 12.7. The monoisotopic (exact) mass is 390 g/mol. The highest BCUT2D eigenvalue weighted by atomic mass is 32.1. The van der Waals surface area contributed by atoms with E-state index in [0.29, 0.717) is 19.7 Å². The van der Waals surface area contributed by atoms with E-state index in [1.807, 2.05) is 35.9 Å². The van der Waals surface area contributed by atoms with Crippen molar-refractivity contribution < 1.29 is 9.53 Å². The van der Waals surface area contributed by atoms with Crippen LogP contribution in [0.15, 0.2) is 29.2 Å². The van der Waals surface area contributed by atoms with Crippen LogP contribution in [0.25, 0.3) is 0 Å². The van der Waals surface area contributed by atoms with Gasteiger partial charge in [0.2, 0.25) is 0 Å². The fraction of sp³-hybridized carbons (Fsp3) is 0.526. The normalized spacial score (nSPS) is 17.1.